The van der Waals surface area contributed by atoms with E-state index in [1.165, 1.54) is 11.3 Å². The van der Waals surface area contributed by atoms with E-state index < -0.39 is 0 Å². The van der Waals surface area contributed by atoms with E-state index in [1.54, 1.807) is 17.3 Å². The minimum atomic E-state index is -0.0724. The van der Waals surface area contributed by atoms with Crippen LogP contribution in [0.2, 0.25) is 0 Å². The molecule has 1 heterocycles. The van der Waals surface area contributed by atoms with Crippen LogP contribution in [0.4, 0.5) is 0 Å². The van der Waals surface area contributed by atoms with Gasteiger partial charge in [-0.2, -0.15) is 11.8 Å². The van der Waals surface area contributed by atoms with E-state index in [9.17, 15) is 4.79 Å². The molecule has 1 atom stereocenters. The lowest BCUT2D eigenvalue weighted by atomic mass is 10.2. The lowest BCUT2D eigenvalue weighted by Gasteiger charge is -2.16. The third kappa shape index (κ3) is 4.29. The second-order valence-electron chi connectivity index (χ2n) is 3.62. The van der Waals surface area contributed by atoms with Gasteiger partial charge in [0.25, 0.3) is 5.91 Å². The summed E-state index contributed by atoms with van der Waals surface area (Å²) in [7, 11) is 0. The van der Waals surface area contributed by atoms with Crippen LogP contribution in [-0.2, 0) is 6.42 Å². The minimum Gasteiger partial charge on any atom is -0.396 e. The normalized spacial score (nSPS) is 12.4. The van der Waals surface area contributed by atoms with Crippen molar-refractivity contribution < 1.29 is 9.90 Å². The highest BCUT2D eigenvalue weighted by molar-refractivity contribution is 7.98. The molecule has 0 bridgehead atoms. The molecule has 0 radical (unpaired) electrons. The SMILES string of the molecule is CCc1ncsc1C(=O)NC(CCO)CSC. The lowest BCUT2D eigenvalue weighted by molar-refractivity contribution is 0.0938. The smallest absolute Gasteiger partial charge is 0.263 e. The van der Waals surface area contributed by atoms with E-state index in [4.69, 9.17) is 5.11 Å². The molecule has 0 saturated heterocycles. The molecule has 0 saturated carbocycles. The number of thiazole rings is 1. The predicted molar refractivity (Wildman–Crippen MR) is 72.8 cm³/mol. The topological polar surface area (TPSA) is 62.2 Å². The van der Waals surface area contributed by atoms with Crippen molar-refractivity contribution in [1.29, 1.82) is 0 Å². The molecule has 4 nitrogen and oxygen atoms in total. The first-order valence-electron chi connectivity index (χ1n) is 5.55. The van der Waals surface area contributed by atoms with Crippen LogP contribution in [-0.4, -0.2) is 40.7 Å². The van der Waals surface area contributed by atoms with E-state index in [1.807, 2.05) is 13.2 Å². The summed E-state index contributed by atoms with van der Waals surface area (Å²) in [6.07, 6.45) is 3.34. The molecule has 0 fully saturated rings. The molecule has 2 N–H and O–H groups in total. The average molecular weight is 274 g/mol. The van der Waals surface area contributed by atoms with Crippen LogP contribution in [0.1, 0.15) is 28.7 Å². The van der Waals surface area contributed by atoms with Gasteiger partial charge in [-0.05, 0) is 19.1 Å². The molecule has 1 rings (SSSR count). The van der Waals surface area contributed by atoms with Crippen LogP contribution in [0.3, 0.4) is 0 Å². The summed E-state index contributed by atoms with van der Waals surface area (Å²) in [6.45, 7) is 2.08. The number of nitrogens with one attached hydrogen (secondary N) is 1. The van der Waals surface area contributed by atoms with Crippen LogP contribution < -0.4 is 5.32 Å². The van der Waals surface area contributed by atoms with Crippen molar-refractivity contribution in [1.82, 2.24) is 10.3 Å². The summed E-state index contributed by atoms with van der Waals surface area (Å²) in [5.41, 5.74) is 2.54. The van der Waals surface area contributed by atoms with E-state index >= 15 is 0 Å². The first-order chi connectivity index (χ1) is 8.22. The Kier molecular flexibility index (Phi) is 6.54. The van der Waals surface area contributed by atoms with Crippen molar-refractivity contribution >= 4 is 29.0 Å². The van der Waals surface area contributed by atoms with Crippen molar-refractivity contribution in [3.8, 4) is 0 Å². The maximum absolute atomic E-state index is 12.0. The number of carbonyl (C=O) groups excluding carboxylic acids is 1. The largest absolute Gasteiger partial charge is 0.396 e. The number of aryl methyl sites for hydroxylation is 1. The number of aliphatic hydroxyl groups is 1. The zero-order valence-electron chi connectivity index (χ0n) is 10.1. The van der Waals surface area contributed by atoms with E-state index in [-0.39, 0.29) is 18.6 Å². The molecule has 17 heavy (non-hydrogen) atoms. The molecule has 0 spiro atoms. The van der Waals surface area contributed by atoms with Gasteiger partial charge in [-0.15, -0.1) is 11.3 Å². The monoisotopic (exact) mass is 274 g/mol. The predicted octanol–water partition coefficient (Wildman–Crippen LogP) is 1.55. The molecule has 0 aliphatic carbocycles. The van der Waals surface area contributed by atoms with Gasteiger partial charge in [0, 0.05) is 18.4 Å². The Morgan fingerprint density at radius 1 is 1.71 bits per heavy atom. The second-order valence-corrected chi connectivity index (χ2v) is 5.39. The van der Waals surface area contributed by atoms with Gasteiger partial charge in [-0.25, -0.2) is 4.98 Å². The Balaban J connectivity index is 2.63. The number of hydrogen-bond acceptors (Lipinski definition) is 5. The summed E-state index contributed by atoms with van der Waals surface area (Å²) in [5.74, 6) is 0.740. The summed E-state index contributed by atoms with van der Waals surface area (Å²) < 4.78 is 0. The maximum Gasteiger partial charge on any atom is 0.263 e. The molecule has 0 aliphatic heterocycles. The lowest BCUT2D eigenvalue weighted by Crippen LogP contribution is -2.37. The summed E-state index contributed by atoms with van der Waals surface area (Å²) in [5, 5.41) is 11.9. The molecule has 1 aromatic rings. The van der Waals surface area contributed by atoms with Crippen LogP contribution in [0.5, 0.6) is 0 Å². The number of hydrogen-bond donors (Lipinski definition) is 2. The van der Waals surface area contributed by atoms with E-state index in [2.05, 4.69) is 10.3 Å². The number of thioether (sulfide) groups is 1. The van der Waals surface area contributed by atoms with Gasteiger partial charge >= 0.3 is 0 Å². The highest BCUT2D eigenvalue weighted by atomic mass is 32.2. The van der Waals surface area contributed by atoms with Gasteiger partial charge in [-0.3, -0.25) is 4.79 Å². The maximum atomic E-state index is 12.0. The first-order valence-corrected chi connectivity index (χ1v) is 7.83. The number of aliphatic hydroxyl groups excluding tert-OH is 1. The molecular formula is C11H18N2O2S2. The van der Waals surface area contributed by atoms with Crippen LogP contribution in [0, 0.1) is 0 Å². The van der Waals surface area contributed by atoms with Gasteiger partial charge in [0.15, 0.2) is 0 Å². The van der Waals surface area contributed by atoms with Gasteiger partial charge in [0.1, 0.15) is 4.88 Å². The fraction of sp³-hybridized carbons (Fsp3) is 0.636. The van der Waals surface area contributed by atoms with Gasteiger partial charge < -0.3 is 10.4 Å². The van der Waals surface area contributed by atoms with E-state index in [0.717, 1.165) is 17.9 Å². The Bertz CT molecular complexity index is 349. The van der Waals surface area contributed by atoms with Crippen molar-refractivity contribution in [2.75, 3.05) is 18.6 Å². The Labute approximate surface area is 110 Å². The van der Waals surface area contributed by atoms with Crippen LogP contribution >= 0.6 is 23.1 Å². The number of aromatic nitrogens is 1. The highest BCUT2D eigenvalue weighted by Crippen LogP contribution is 2.14. The standard InChI is InChI=1S/C11H18N2O2S2/c1-3-9-10(17-7-12-9)11(15)13-8(4-5-14)6-16-2/h7-8,14H,3-6H2,1-2H3,(H,13,15). The minimum absolute atomic E-state index is 0.0225. The molecule has 0 aromatic carbocycles. The molecular weight excluding hydrogens is 256 g/mol. The zero-order chi connectivity index (χ0) is 12.7. The van der Waals surface area contributed by atoms with Gasteiger partial charge in [0.2, 0.25) is 0 Å². The van der Waals surface area contributed by atoms with Crippen molar-refractivity contribution in [3.05, 3.63) is 16.1 Å². The van der Waals surface area contributed by atoms with E-state index in [0.29, 0.717) is 11.3 Å². The number of rotatable bonds is 7. The van der Waals surface area contributed by atoms with Crippen LogP contribution in [0.15, 0.2) is 5.51 Å². The number of amides is 1. The third-order valence-electron chi connectivity index (χ3n) is 2.36. The third-order valence-corrected chi connectivity index (χ3v) is 3.97. The Morgan fingerprint density at radius 2 is 2.47 bits per heavy atom. The molecule has 1 aromatic heterocycles. The fourth-order valence-corrected chi connectivity index (χ4v) is 2.95. The van der Waals surface area contributed by atoms with Gasteiger partial charge in [0.05, 0.1) is 11.2 Å². The van der Waals surface area contributed by atoms with Gasteiger partial charge in [-0.1, -0.05) is 6.92 Å². The van der Waals surface area contributed by atoms with Crippen LogP contribution in [0.25, 0.3) is 0 Å². The summed E-state index contributed by atoms with van der Waals surface area (Å²) >= 11 is 3.03. The highest BCUT2D eigenvalue weighted by Gasteiger charge is 2.17. The summed E-state index contributed by atoms with van der Waals surface area (Å²) in [6, 6.07) is 0.0225. The Morgan fingerprint density at radius 3 is 3.06 bits per heavy atom. The van der Waals surface area contributed by atoms with Crippen molar-refractivity contribution in [2.24, 2.45) is 0 Å². The molecule has 1 amide bonds. The molecule has 1 unspecified atom stereocenters. The quantitative estimate of drug-likeness (QED) is 0.792. The fourth-order valence-electron chi connectivity index (χ4n) is 1.51. The average Bonchev–Trinajstić information content (AvgIpc) is 2.77. The first kappa shape index (κ1) is 14.5. The number of nitrogens with zero attached hydrogens (tertiary/aromatic N) is 1. The zero-order valence-corrected chi connectivity index (χ0v) is 11.7. The molecule has 6 heteroatoms. The summed E-state index contributed by atoms with van der Waals surface area (Å²) in [4.78, 5) is 16.9. The number of carbonyl (C=O) groups is 1. The Hall–Kier alpha value is -0.590. The molecule has 0 aliphatic rings. The van der Waals surface area contributed by atoms with Crippen molar-refractivity contribution in [3.63, 3.8) is 0 Å². The van der Waals surface area contributed by atoms with Crippen molar-refractivity contribution in [2.45, 2.75) is 25.8 Å². The second kappa shape index (κ2) is 7.68. The molecule has 96 valence electrons.